The first-order chi connectivity index (χ1) is 13.7. The number of sulfonamides is 1. The monoisotopic (exact) mass is 420 g/mol. The molecule has 12 nitrogen and oxygen atoms in total. The Hall–Kier alpha value is -3.81. The smallest absolute Gasteiger partial charge is 0.335 e. The van der Waals surface area contributed by atoms with Crippen molar-refractivity contribution in [3.8, 4) is 0 Å². The van der Waals surface area contributed by atoms with Gasteiger partial charge < -0.3 is 15.3 Å². The van der Waals surface area contributed by atoms with Crippen LogP contribution in [0.25, 0.3) is 0 Å². The Labute approximate surface area is 164 Å². The molecule has 1 aromatic carbocycles. The van der Waals surface area contributed by atoms with Crippen LogP contribution in [0.4, 0.5) is 0 Å². The molecule has 0 saturated heterocycles. The summed E-state index contributed by atoms with van der Waals surface area (Å²) >= 11 is 0. The minimum atomic E-state index is -4.28. The molecule has 1 aliphatic carbocycles. The molecular formula is C16H14N5O7S-. The molecule has 13 heteroatoms. The van der Waals surface area contributed by atoms with Gasteiger partial charge in [-0.05, 0) is 41.5 Å². The van der Waals surface area contributed by atoms with Gasteiger partial charge in [0.2, 0.25) is 0 Å². The molecule has 0 unspecified atom stereocenters. The first-order valence-electron chi connectivity index (χ1n) is 7.60. The van der Waals surface area contributed by atoms with Crippen molar-refractivity contribution >= 4 is 33.9 Å². The molecular weight excluding hydrogens is 406 g/mol. The van der Waals surface area contributed by atoms with E-state index in [1.165, 1.54) is 6.08 Å². The van der Waals surface area contributed by atoms with Crippen LogP contribution < -0.4 is 22.0 Å². The zero-order chi connectivity index (χ0) is 21.6. The Morgan fingerprint density at radius 2 is 1.72 bits per heavy atom. The number of nitrogens with one attached hydrogen (secondary N) is 2. The van der Waals surface area contributed by atoms with Crippen molar-refractivity contribution in [2.24, 2.45) is 15.3 Å². The Kier molecular flexibility index (Phi) is 6.61. The van der Waals surface area contributed by atoms with Gasteiger partial charge in [0.05, 0.1) is 21.7 Å². The van der Waals surface area contributed by atoms with E-state index >= 15 is 0 Å². The summed E-state index contributed by atoms with van der Waals surface area (Å²) in [6.45, 7) is 0. The van der Waals surface area contributed by atoms with Crippen LogP contribution in [0.5, 0.6) is 0 Å². The van der Waals surface area contributed by atoms with Crippen molar-refractivity contribution in [1.29, 1.82) is 0 Å². The highest BCUT2D eigenvalue weighted by atomic mass is 32.2. The summed E-state index contributed by atoms with van der Waals surface area (Å²) in [6, 6.07) is 3.07. The van der Waals surface area contributed by atoms with Crippen LogP contribution in [0.2, 0.25) is 0 Å². The van der Waals surface area contributed by atoms with E-state index in [4.69, 9.17) is 16.1 Å². The number of nitrogens with two attached hydrogens (primary N) is 1. The van der Waals surface area contributed by atoms with Gasteiger partial charge >= 0.3 is 11.9 Å². The Bertz CT molecular complexity index is 1070. The van der Waals surface area contributed by atoms with Gasteiger partial charge in [0.1, 0.15) is 0 Å². The average molecular weight is 420 g/mol. The van der Waals surface area contributed by atoms with Crippen LogP contribution in [0, 0.1) is 0 Å². The molecule has 0 aliphatic heterocycles. The summed E-state index contributed by atoms with van der Waals surface area (Å²) in [4.78, 5) is 21.9. The van der Waals surface area contributed by atoms with Gasteiger partial charge in [-0.1, -0.05) is 6.08 Å². The maximum absolute atomic E-state index is 12.4. The van der Waals surface area contributed by atoms with Crippen molar-refractivity contribution in [3.63, 3.8) is 0 Å². The van der Waals surface area contributed by atoms with Crippen molar-refractivity contribution < 1.29 is 33.3 Å². The van der Waals surface area contributed by atoms with Crippen molar-refractivity contribution in [2.75, 3.05) is 0 Å². The predicted molar refractivity (Wildman–Crippen MR) is 100 cm³/mol. The summed E-state index contributed by atoms with van der Waals surface area (Å²) in [7, 11) is -4.28. The molecule has 0 fully saturated rings. The molecule has 29 heavy (non-hydrogen) atoms. The summed E-state index contributed by atoms with van der Waals surface area (Å²) in [5, 5.41) is 32.8. The Balaban J connectivity index is 2.42. The minimum Gasteiger partial charge on any atom is -0.877 e. The number of rotatable bonds is 7. The molecule has 2 rings (SSSR count). The number of carboxylic acid groups (broad SMARTS) is 2. The fourth-order valence-electron chi connectivity index (χ4n) is 2.14. The predicted octanol–water partition coefficient (Wildman–Crippen LogP) is -1.15. The topological polar surface area (TPSA) is 207 Å². The maximum Gasteiger partial charge on any atom is 0.335 e. The van der Waals surface area contributed by atoms with E-state index in [0.717, 1.165) is 36.6 Å². The second-order valence-electron chi connectivity index (χ2n) is 5.37. The highest BCUT2D eigenvalue weighted by molar-refractivity contribution is 7.94. The second-order valence-corrected chi connectivity index (χ2v) is 7.00. The number of hydrogen-bond donors (Lipinski definition) is 5. The number of allylic oxidation sites excluding steroid dienone is 4. The van der Waals surface area contributed by atoms with Gasteiger partial charge in [0, 0.05) is 6.21 Å². The Morgan fingerprint density at radius 1 is 1.10 bits per heavy atom. The average Bonchev–Trinajstić information content (AvgIpc) is 2.70. The lowest BCUT2D eigenvalue weighted by Crippen LogP contribution is -2.34. The molecule has 1 aliphatic rings. The third kappa shape index (κ3) is 5.35. The lowest BCUT2D eigenvalue weighted by molar-refractivity contribution is -0.275. The molecule has 0 bridgehead atoms. The zero-order valence-electron chi connectivity index (χ0n) is 14.4. The van der Waals surface area contributed by atoms with E-state index in [0.29, 0.717) is 6.26 Å². The van der Waals surface area contributed by atoms with Gasteiger partial charge in [0.15, 0.2) is 0 Å². The van der Waals surface area contributed by atoms with E-state index in [2.05, 4.69) is 15.0 Å². The van der Waals surface area contributed by atoms with Gasteiger partial charge in [-0.3, -0.25) is 5.84 Å². The summed E-state index contributed by atoms with van der Waals surface area (Å²) < 4.78 is 28.3. The van der Waals surface area contributed by atoms with E-state index in [-0.39, 0.29) is 32.9 Å². The van der Waals surface area contributed by atoms with Gasteiger partial charge in [-0.25, -0.2) is 15.1 Å². The fourth-order valence-corrected chi connectivity index (χ4v) is 3.02. The summed E-state index contributed by atoms with van der Waals surface area (Å²) in [6.07, 6.45) is 4.68. The van der Waals surface area contributed by atoms with E-state index in [9.17, 15) is 23.1 Å². The summed E-state index contributed by atoms with van der Waals surface area (Å²) in [5.41, 5.74) is 3.46. The highest BCUT2D eigenvalue weighted by Crippen LogP contribution is 2.19. The van der Waals surface area contributed by atoms with Crippen molar-refractivity contribution in [1.82, 2.24) is 11.1 Å². The molecule has 0 atom stereocenters. The molecule has 0 spiro atoms. The van der Waals surface area contributed by atoms with Crippen LogP contribution in [0.15, 0.2) is 62.7 Å². The quantitative estimate of drug-likeness (QED) is 0.155. The van der Waals surface area contributed by atoms with Crippen molar-refractivity contribution in [2.45, 2.75) is 0 Å². The minimum absolute atomic E-state index is 0.0322. The molecule has 6 N–H and O–H groups in total. The SMILES string of the molecule is NNN/N=C1\C=C(S(=O)(=O)/N=C/c2cc(C(=O)O)cc(C(=O)O)c2)C=C\C1=C/[O-]. The van der Waals surface area contributed by atoms with Crippen LogP contribution in [-0.2, 0) is 10.0 Å². The maximum atomic E-state index is 12.4. The lowest BCUT2D eigenvalue weighted by atomic mass is 10.1. The van der Waals surface area contributed by atoms with Crippen LogP contribution in [0.1, 0.15) is 26.3 Å². The normalized spacial score (nSPS) is 16.9. The molecule has 0 radical (unpaired) electrons. The van der Waals surface area contributed by atoms with Crippen LogP contribution in [-0.4, -0.2) is 42.5 Å². The van der Waals surface area contributed by atoms with Gasteiger partial charge in [-0.2, -0.15) is 23.5 Å². The van der Waals surface area contributed by atoms with Crippen LogP contribution in [0.3, 0.4) is 0 Å². The number of hydrogen-bond acceptors (Lipinski definition) is 9. The number of nitrogens with zero attached hydrogens (tertiary/aromatic N) is 2. The number of hydrazone groups is 1. The van der Waals surface area contributed by atoms with E-state index in [1.807, 2.05) is 5.53 Å². The summed E-state index contributed by atoms with van der Waals surface area (Å²) in [5.74, 6) is 2.23. The van der Waals surface area contributed by atoms with Crippen LogP contribution >= 0.6 is 0 Å². The third-order valence-electron chi connectivity index (χ3n) is 3.46. The van der Waals surface area contributed by atoms with Gasteiger partial charge in [0.25, 0.3) is 10.0 Å². The fraction of sp³-hybridized carbons (Fsp3) is 0. The number of hydrazine groups is 2. The molecule has 0 amide bonds. The first kappa shape index (κ1) is 21.5. The zero-order valence-corrected chi connectivity index (χ0v) is 15.3. The molecule has 0 heterocycles. The first-order valence-corrected chi connectivity index (χ1v) is 9.04. The number of aromatic carboxylic acids is 2. The second kappa shape index (κ2) is 8.92. The number of carboxylic acids is 2. The lowest BCUT2D eigenvalue weighted by Gasteiger charge is -2.12. The highest BCUT2D eigenvalue weighted by Gasteiger charge is 2.19. The third-order valence-corrected chi connectivity index (χ3v) is 4.69. The molecule has 0 saturated carbocycles. The van der Waals surface area contributed by atoms with Crippen molar-refractivity contribution in [3.05, 3.63) is 69.9 Å². The van der Waals surface area contributed by atoms with Gasteiger partial charge in [-0.15, -0.1) is 6.26 Å². The largest absolute Gasteiger partial charge is 0.877 e. The van der Waals surface area contributed by atoms with E-state index < -0.39 is 22.0 Å². The molecule has 0 aromatic heterocycles. The Morgan fingerprint density at radius 3 is 2.24 bits per heavy atom. The molecule has 152 valence electrons. The number of benzene rings is 1. The standard InChI is InChI=1S/C16H15N5O7S/c17-20-21-19-14-6-13(2-1-10(14)8-22)29(27,28)18-7-9-3-11(15(23)24)5-12(4-9)16(25)26/h1-8,20-22H,17H2,(H,23,24)(H,25,26)/p-1/b10-8+,18-7+,19-14+. The van der Waals surface area contributed by atoms with E-state index in [1.54, 1.807) is 0 Å². The molecule has 1 aromatic rings. The number of carbonyl (C=O) groups is 2.